The van der Waals surface area contributed by atoms with Gasteiger partial charge in [-0.05, 0) is 186 Å². The molecule has 0 fully saturated rings. The first-order valence-electron chi connectivity index (χ1n) is 34.7. The SMILES string of the molecule is COc1ccc(CCN)cc1.COc1ccc(CN)cc1.Cc1ccc(CCN)cc1.Cc1ccc(CN)cc1.NCC(c1ccccc1)c1ccccc1.NCCc1ccc(Cl)cc1.NCCc1ccccc1.NCc1ccc(Cl)cc1.NCc1cccc2ccccc12.NCc1ccccc1. The molecule has 20 N–H and O–H groups in total. The lowest BCUT2D eigenvalue weighted by Crippen LogP contribution is -2.13. The van der Waals surface area contributed by atoms with Crippen molar-refractivity contribution in [3.05, 3.63) is 392 Å². The summed E-state index contributed by atoms with van der Waals surface area (Å²) in [6.07, 6.45) is 3.84. The highest BCUT2D eigenvalue weighted by Crippen LogP contribution is 2.23. The van der Waals surface area contributed by atoms with Crippen molar-refractivity contribution in [2.45, 2.75) is 78.2 Å². The number of halogens is 2. The Labute approximate surface area is 625 Å². The minimum absolute atomic E-state index is 0.312. The predicted molar refractivity (Wildman–Crippen MR) is 442 cm³/mol. The first-order chi connectivity index (χ1) is 50.2. The summed E-state index contributed by atoms with van der Waals surface area (Å²) in [5.74, 6) is 2.08. The molecule has 544 valence electrons. The predicted octanol–water partition coefficient (Wildman–Crippen LogP) is 16.3. The molecule has 0 aromatic heterocycles. The first-order valence-corrected chi connectivity index (χ1v) is 35.5. The number of hydrogen-bond acceptors (Lipinski definition) is 12. The largest absolute Gasteiger partial charge is 0.497 e. The Bertz CT molecular complexity index is 3800. The number of aryl methyl sites for hydroxylation is 2. The molecule has 0 amide bonds. The average molecular weight is 1420 g/mol. The van der Waals surface area contributed by atoms with Crippen LogP contribution in [0.2, 0.25) is 10.0 Å². The van der Waals surface area contributed by atoms with E-state index in [4.69, 9.17) is 90.0 Å². The molecule has 0 atom stereocenters. The molecule has 0 heterocycles. The second-order valence-electron chi connectivity index (χ2n) is 23.3. The zero-order valence-electron chi connectivity index (χ0n) is 60.8. The summed E-state index contributed by atoms with van der Waals surface area (Å²) in [5, 5.41) is 4.07. The van der Waals surface area contributed by atoms with Crippen LogP contribution in [0, 0.1) is 13.8 Å². The maximum absolute atomic E-state index is 5.84. The number of benzene rings is 12. The molecule has 0 aliphatic carbocycles. The fraction of sp³-hybridized carbons (Fsp3) is 0.213. The van der Waals surface area contributed by atoms with E-state index in [2.05, 4.69) is 147 Å². The van der Waals surface area contributed by atoms with Crippen LogP contribution in [0.3, 0.4) is 0 Å². The zero-order valence-corrected chi connectivity index (χ0v) is 62.3. The Morgan fingerprint density at radius 3 is 0.874 bits per heavy atom. The van der Waals surface area contributed by atoms with Gasteiger partial charge in [0.05, 0.1) is 14.2 Å². The van der Waals surface area contributed by atoms with Gasteiger partial charge in [0.25, 0.3) is 0 Å². The summed E-state index contributed by atoms with van der Waals surface area (Å²) in [5.41, 5.74) is 70.6. The molecule has 14 heteroatoms. The van der Waals surface area contributed by atoms with Crippen molar-refractivity contribution in [1.29, 1.82) is 0 Å². The van der Waals surface area contributed by atoms with Gasteiger partial charge in [0.2, 0.25) is 0 Å². The van der Waals surface area contributed by atoms with Crippen molar-refractivity contribution >= 4 is 34.0 Å². The standard InChI is InChI=1S/C14H15N.C11H11N.C9H13NO.C9H13N.C8H10ClN.C8H11NO.2C8H11N.C7H8ClN.C7H9N/c15-11-14(12-7-3-1-4-8-12)13-9-5-2-6-10-13;12-8-10-6-3-5-9-4-1-2-7-11(9)10;1-11-9-4-2-8(3-5-9)6-7-10;1-8-2-4-9(5-3-8)6-7-10;9-8-3-1-7(2-4-8)5-6-10;1-10-8-4-2-7(6-9)3-5-8;1-7-2-4-8(6-9)5-3-7;9-7-6-8-4-2-1-3-5-8;8-7-3-1-6(5-9)2-4-7;8-6-7-4-2-1-3-5-7/h1-10,14H,11,15H2;1-7H,8,12H2;2-5H,6-7,10H2,1H3;2-5H,6-7,10H2,1H3;1-4H,5-6,10H2;2-5H,6,9H2,1H3;2-5H,6,9H2,1H3;1-5H,6-7,9H2;1-4H,5,9H2;1-5H,6,8H2. The molecule has 0 saturated heterocycles. The molecule has 103 heavy (non-hydrogen) atoms. The van der Waals surface area contributed by atoms with E-state index in [0.29, 0.717) is 58.3 Å². The lowest BCUT2D eigenvalue weighted by atomic mass is 9.92. The normalized spacial score (nSPS) is 9.80. The van der Waals surface area contributed by atoms with E-state index in [1.807, 2.05) is 176 Å². The van der Waals surface area contributed by atoms with Gasteiger partial charge in [0.1, 0.15) is 11.5 Å². The highest BCUT2D eigenvalue weighted by atomic mass is 35.5. The Hall–Kier alpha value is -9.32. The van der Waals surface area contributed by atoms with Crippen LogP contribution < -0.4 is 66.8 Å². The molecular formula is C89H112Cl2N10O2. The van der Waals surface area contributed by atoms with Crippen molar-refractivity contribution in [3.8, 4) is 11.5 Å². The number of methoxy groups -OCH3 is 2. The molecule has 12 aromatic carbocycles. The van der Waals surface area contributed by atoms with Gasteiger partial charge in [0.15, 0.2) is 0 Å². The molecule has 12 aromatic rings. The number of fused-ring (bicyclic) bond motifs is 1. The summed E-state index contributed by atoms with van der Waals surface area (Å²) < 4.78 is 9.99. The van der Waals surface area contributed by atoms with Crippen LogP contribution in [0.5, 0.6) is 11.5 Å². The summed E-state index contributed by atoms with van der Waals surface area (Å²) in [7, 11) is 3.31. The number of nitrogens with two attached hydrogens (primary N) is 10. The molecule has 0 aliphatic heterocycles. The van der Waals surface area contributed by atoms with Crippen molar-refractivity contribution < 1.29 is 9.47 Å². The van der Waals surface area contributed by atoms with Gasteiger partial charge in [-0.25, -0.2) is 0 Å². The lowest BCUT2D eigenvalue weighted by Gasteiger charge is -2.15. The summed E-state index contributed by atoms with van der Waals surface area (Å²) in [4.78, 5) is 0. The highest BCUT2D eigenvalue weighted by Gasteiger charge is 2.11. The van der Waals surface area contributed by atoms with E-state index in [-0.39, 0.29) is 0 Å². The van der Waals surface area contributed by atoms with Crippen LogP contribution in [-0.4, -0.2) is 46.9 Å². The Kier molecular flexibility index (Phi) is 48.0. The third-order valence-corrected chi connectivity index (χ3v) is 16.0. The van der Waals surface area contributed by atoms with E-state index >= 15 is 0 Å². The second-order valence-corrected chi connectivity index (χ2v) is 24.2. The lowest BCUT2D eigenvalue weighted by molar-refractivity contribution is 0.414. The smallest absolute Gasteiger partial charge is 0.118 e. The Morgan fingerprint density at radius 1 is 0.272 bits per heavy atom. The van der Waals surface area contributed by atoms with E-state index in [1.165, 1.54) is 72.0 Å². The Balaban J connectivity index is 0.000000299. The summed E-state index contributed by atoms with van der Waals surface area (Å²) in [6.45, 7) is 10.7. The van der Waals surface area contributed by atoms with Gasteiger partial charge in [-0.3, -0.25) is 0 Å². The van der Waals surface area contributed by atoms with Gasteiger partial charge in [-0.1, -0.05) is 295 Å². The summed E-state index contributed by atoms with van der Waals surface area (Å²) in [6, 6.07) is 103. The van der Waals surface area contributed by atoms with Crippen LogP contribution in [0.1, 0.15) is 78.2 Å². The molecular weight excluding hydrogens is 1310 g/mol. The van der Waals surface area contributed by atoms with Crippen LogP contribution >= 0.6 is 23.2 Å². The molecule has 0 bridgehead atoms. The number of hydrogen-bond donors (Lipinski definition) is 10. The number of rotatable bonds is 18. The quantitative estimate of drug-likeness (QED) is 0.0384. The summed E-state index contributed by atoms with van der Waals surface area (Å²) >= 11 is 11.3. The van der Waals surface area contributed by atoms with Gasteiger partial charge >= 0.3 is 0 Å². The fourth-order valence-corrected chi connectivity index (χ4v) is 9.79. The maximum Gasteiger partial charge on any atom is 0.118 e. The molecule has 0 unspecified atom stereocenters. The van der Waals surface area contributed by atoms with Crippen molar-refractivity contribution in [2.75, 3.05) is 46.9 Å². The van der Waals surface area contributed by atoms with E-state index in [9.17, 15) is 0 Å². The molecule has 0 saturated carbocycles. The van der Waals surface area contributed by atoms with Crippen molar-refractivity contribution in [1.82, 2.24) is 0 Å². The molecule has 0 spiro atoms. The van der Waals surface area contributed by atoms with E-state index < -0.39 is 0 Å². The third kappa shape index (κ3) is 39.1. The van der Waals surface area contributed by atoms with Gasteiger partial charge in [-0.15, -0.1) is 0 Å². The number of ether oxygens (including phenoxy) is 2. The Morgan fingerprint density at radius 2 is 0.544 bits per heavy atom. The second kappa shape index (κ2) is 56.3. The van der Waals surface area contributed by atoms with Crippen LogP contribution in [-0.2, 0) is 58.4 Å². The van der Waals surface area contributed by atoms with Crippen LogP contribution in [0.15, 0.2) is 309 Å². The third-order valence-electron chi connectivity index (χ3n) is 15.5. The molecule has 0 radical (unpaired) electrons. The first kappa shape index (κ1) is 87.9. The monoisotopic (exact) mass is 1420 g/mol. The van der Waals surface area contributed by atoms with Crippen LogP contribution in [0.25, 0.3) is 10.8 Å². The fourth-order valence-electron chi connectivity index (χ4n) is 9.54. The minimum atomic E-state index is 0.312. The minimum Gasteiger partial charge on any atom is -0.497 e. The van der Waals surface area contributed by atoms with Crippen LogP contribution in [0.4, 0.5) is 0 Å². The van der Waals surface area contributed by atoms with Crippen molar-refractivity contribution in [2.24, 2.45) is 57.3 Å². The van der Waals surface area contributed by atoms with E-state index in [0.717, 1.165) is 71.4 Å². The average Bonchev–Trinajstić information content (AvgIpc) is 0.880. The topological polar surface area (TPSA) is 279 Å². The van der Waals surface area contributed by atoms with Gasteiger partial charge < -0.3 is 66.8 Å². The maximum atomic E-state index is 5.84. The van der Waals surface area contributed by atoms with E-state index in [1.54, 1.807) is 14.2 Å². The molecule has 12 nitrogen and oxygen atoms in total. The van der Waals surface area contributed by atoms with Crippen molar-refractivity contribution in [3.63, 3.8) is 0 Å². The van der Waals surface area contributed by atoms with Gasteiger partial charge in [0, 0.05) is 55.2 Å². The van der Waals surface area contributed by atoms with Gasteiger partial charge in [-0.2, -0.15) is 0 Å². The zero-order chi connectivity index (χ0) is 74.9. The molecule has 12 rings (SSSR count). The molecule has 0 aliphatic rings. The highest BCUT2D eigenvalue weighted by molar-refractivity contribution is 6.30.